The Labute approximate surface area is 126 Å². The van der Waals surface area contributed by atoms with Crippen LogP contribution >= 0.6 is 0 Å². The fourth-order valence-electron chi connectivity index (χ4n) is 4.03. The zero-order chi connectivity index (χ0) is 14.2. The Morgan fingerprint density at radius 2 is 2.14 bits per heavy atom. The minimum absolute atomic E-state index is 0.287. The molecule has 3 heterocycles. The monoisotopic (exact) mass is 284 g/mol. The third-order valence-electron chi connectivity index (χ3n) is 5.18. The molecule has 112 valence electrons. The van der Waals surface area contributed by atoms with Crippen LogP contribution in [0.2, 0.25) is 0 Å². The molecule has 3 nitrogen and oxygen atoms in total. The van der Waals surface area contributed by atoms with Gasteiger partial charge in [-0.3, -0.25) is 0 Å². The van der Waals surface area contributed by atoms with Crippen molar-refractivity contribution in [2.45, 2.75) is 50.7 Å². The maximum absolute atomic E-state index is 5.99. The summed E-state index contributed by atoms with van der Waals surface area (Å²) in [7, 11) is 0. The van der Waals surface area contributed by atoms with E-state index in [4.69, 9.17) is 4.42 Å². The van der Waals surface area contributed by atoms with Crippen molar-refractivity contribution in [1.82, 2.24) is 10.2 Å². The van der Waals surface area contributed by atoms with Gasteiger partial charge >= 0.3 is 0 Å². The number of fused-ring (bicyclic) bond motifs is 2. The number of furan rings is 1. The van der Waals surface area contributed by atoms with Crippen LogP contribution in [0.15, 0.2) is 34.7 Å². The second-order valence-corrected chi connectivity index (χ2v) is 6.63. The van der Waals surface area contributed by atoms with Crippen molar-refractivity contribution in [3.05, 3.63) is 36.1 Å². The molecule has 4 rings (SSSR count). The number of hydrogen-bond acceptors (Lipinski definition) is 3. The maximum Gasteiger partial charge on any atom is 0.134 e. The Morgan fingerprint density at radius 1 is 1.24 bits per heavy atom. The lowest BCUT2D eigenvalue weighted by molar-refractivity contribution is 0.160. The van der Waals surface area contributed by atoms with Gasteiger partial charge in [0, 0.05) is 17.5 Å². The van der Waals surface area contributed by atoms with Gasteiger partial charge in [0.05, 0.1) is 6.04 Å². The minimum atomic E-state index is 0.287. The average molecular weight is 284 g/mol. The zero-order valence-electron chi connectivity index (χ0n) is 12.7. The summed E-state index contributed by atoms with van der Waals surface area (Å²) in [5.41, 5.74) is 0.992. The third-order valence-corrected chi connectivity index (χ3v) is 5.18. The van der Waals surface area contributed by atoms with Crippen LogP contribution < -0.4 is 5.32 Å². The average Bonchev–Trinajstić information content (AvgIpc) is 3.13. The number of benzene rings is 1. The molecule has 2 aromatic rings. The standard InChI is InChI=1S/C18H24N2O/c1-13(18-11-14-5-2-3-7-17(14)21-18)19-15-8-10-20-9-4-6-16(20)12-15/h2-3,5,7,11,13,15-16,19H,4,6,8-10,12H2,1H3. The van der Waals surface area contributed by atoms with Crippen LogP contribution in [0.25, 0.3) is 11.0 Å². The number of nitrogens with zero attached hydrogens (tertiary/aromatic N) is 1. The van der Waals surface area contributed by atoms with E-state index < -0.39 is 0 Å². The van der Waals surface area contributed by atoms with Crippen LogP contribution in [0.1, 0.15) is 44.4 Å². The fourth-order valence-corrected chi connectivity index (χ4v) is 4.03. The van der Waals surface area contributed by atoms with Crippen molar-refractivity contribution in [3.63, 3.8) is 0 Å². The summed E-state index contributed by atoms with van der Waals surface area (Å²) in [5, 5.41) is 4.99. The van der Waals surface area contributed by atoms with E-state index in [0.717, 1.165) is 17.4 Å². The Hall–Kier alpha value is -1.32. The lowest BCUT2D eigenvalue weighted by Gasteiger charge is -2.36. The van der Waals surface area contributed by atoms with Crippen LogP contribution in [0.5, 0.6) is 0 Å². The van der Waals surface area contributed by atoms with Gasteiger partial charge in [-0.05, 0) is 57.8 Å². The Balaban J connectivity index is 1.44. The highest BCUT2D eigenvalue weighted by Crippen LogP contribution is 2.29. The zero-order valence-corrected chi connectivity index (χ0v) is 12.7. The molecule has 0 saturated carbocycles. The third kappa shape index (κ3) is 2.60. The van der Waals surface area contributed by atoms with Gasteiger partial charge in [-0.25, -0.2) is 0 Å². The molecule has 0 radical (unpaired) electrons. The largest absolute Gasteiger partial charge is 0.459 e. The molecule has 0 amide bonds. The molecule has 3 unspecified atom stereocenters. The Morgan fingerprint density at radius 3 is 3.05 bits per heavy atom. The summed E-state index contributed by atoms with van der Waals surface area (Å²) in [5.74, 6) is 1.06. The summed E-state index contributed by atoms with van der Waals surface area (Å²) in [4.78, 5) is 2.67. The van der Waals surface area contributed by atoms with Crippen LogP contribution in [0.3, 0.4) is 0 Å². The molecule has 1 aromatic carbocycles. The molecule has 0 aliphatic carbocycles. The number of piperidine rings is 1. The lowest BCUT2D eigenvalue weighted by atomic mass is 9.97. The summed E-state index contributed by atoms with van der Waals surface area (Å²) in [6.07, 6.45) is 5.33. The molecular formula is C18H24N2O. The van der Waals surface area contributed by atoms with E-state index >= 15 is 0 Å². The molecule has 1 aromatic heterocycles. The molecule has 2 saturated heterocycles. The van der Waals surface area contributed by atoms with E-state index in [1.165, 1.54) is 44.2 Å². The first-order valence-electron chi connectivity index (χ1n) is 8.28. The van der Waals surface area contributed by atoms with Crippen molar-refractivity contribution in [2.75, 3.05) is 13.1 Å². The van der Waals surface area contributed by atoms with Crippen molar-refractivity contribution < 1.29 is 4.42 Å². The normalized spacial score (nSPS) is 27.9. The highest BCUT2D eigenvalue weighted by molar-refractivity contribution is 5.77. The molecule has 2 aliphatic heterocycles. The second-order valence-electron chi connectivity index (χ2n) is 6.63. The summed E-state index contributed by atoms with van der Waals surface area (Å²) >= 11 is 0. The van der Waals surface area contributed by atoms with Crippen molar-refractivity contribution in [3.8, 4) is 0 Å². The first-order valence-corrected chi connectivity index (χ1v) is 8.28. The number of para-hydroxylation sites is 1. The molecule has 0 spiro atoms. The van der Waals surface area contributed by atoms with Crippen molar-refractivity contribution in [1.29, 1.82) is 0 Å². The van der Waals surface area contributed by atoms with Gasteiger partial charge in [-0.1, -0.05) is 18.2 Å². The van der Waals surface area contributed by atoms with Gasteiger partial charge in [-0.2, -0.15) is 0 Å². The van der Waals surface area contributed by atoms with Crippen LogP contribution in [0, 0.1) is 0 Å². The molecule has 3 atom stereocenters. The molecular weight excluding hydrogens is 260 g/mol. The molecule has 0 bridgehead atoms. The smallest absolute Gasteiger partial charge is 0.134 e. The molecule has 2 fully saturated rings. The number of rotatable bonds is 3. The minimum Gasteiger partial charge on any atom is -0.459 e. The van der Waals surface area contributed by atoms with Gasteiger partial charge in [0.25, 0.3) is 0 Å². The topological polar surface area (TPSA) is 28.4 Å². The SMILES string of the molecule is CC(NC1CCN2CCCC2C1)c1cc2ccccc2o1. The van der Waals surface area contributed by atoms with E-state index in [9.17, 15) is 0 Å². The molecule has 3 heteroatoms. The van der Waals surface area contributed by atoms with E-state index in [1.807, 2.05) is 12.1 Å². The number of nitrogens with one attached hydrogen (secondary N) is 1. The highest BCUT2D eigenvalue weighted by atomic mass is 16.3. The predicted molar refractivity (Wildman–Crippen MR) is 85.4 cm³/mol. The van der Waals surface area contributed by atoms with Crippen LogP contribution in [-0.2, 0) is 0 Å². The maximum atomic E-state index is 5.99. The summed E-state index contributed by atoms with van der Waals surface area (Å²) in [6, 6.07) is 12.2. The van der Waals surface area contributed by atoms with Crippen LogP contribution in [-0.4, -0.2) is 30.1 Å². The first-order chi connectivity index (χ1) is 10.3. The van der Waals surface area contributed by atoms with E-state index in [0.29, 0.717) is 6.04 Å². The fraction of sp³-hybridized carbons (Fsp3) is 0.556. The Bertz CT molecular complexity index is 587. The van der Waals surface area contributed by atoms with Gasteiger partial charge in [0.2, 0.25) is 0 Å². The van der Waals surface area contributed by atoms with Gasteiger partial charge in [0.1, 0.15) is 11.3 Å². The molecule has 21 heavy (non-hydrogen) atoms. The van der Waals surface area contributed by atoms with Gasteiger partial charge < -0.3 is 14.6 Å². The quantitative estimate of drug-likeness (QED) is 0.931. The van der Waals surface area contributed by atoms with Crippen molar-refractivity contribution in [2.24, 2.45) is 0 Å². The van der Waals surface area contributed by atoms with Crippen LogP contribution in [0.4, 0.5) is 0 Å². The van der Waals surface area contributed by atoms with Gasteiger partial charge in [0.15, 0.2) is 0 Å². The molecule has 2 aliphatic rings. The summed E-state index contributed by atoms with van der Waals surface area (Å²) in [6.45, 7) is 4.80. The summed E-state index contributed by atoms with van der Waals surface area (Å²) < 4.78 is 5.99. The second kappa shape index (κ2) is 5.47. The number of hydrogen-bond donors (Lipinski definition) is 1. The Kier molecular flexibility index (Phi) is 3.48. The highest BCUT2D eigenvalue weighted by Gasteiger charge is 2.32. The van der Waals surface area contributed by atoms with E-state index in [-0.39, 0.29) is 6.04 Å². The molecule has 1 N–H and O–H groups in total. The van der Waals surface area contributed by atoms with Crippen molar-refractivity contribution >= 4 is 11.0 Å². The first kappa shape index (κ1) is 13.4. The predicted octanol–water partition coefficient (Wildman–Crippen LogP) is 3.71. The van der Waals surface area contributed by atoms with E-state index in [2.05, 4.69) is 35.3 Å². The van der Waals surface area contributed by atoms with Gasteiger partial charge in [-0.15, -0.1) is 0 Å². The van der Waals surface area contributed by atoms with E-state index in [1.54, 1.807) is 0 Å². The lowest BCUT2D eigenvalue weighted by Crippen LogP contribution is -2.46.